The van der Waals surface area contributed by atoms with Crippen molar-refractivity contribution in [1.82, 2.24) is 4.90 Å². The first-order valence-electron chi connectivity index (χ1n) is 15.8. The van der Waals surface area contributed by atoms with Crippen LogP contribution in [0.3, 0.4) is 0 Å². The number of hydrogen-bond acceptors (Lipinski definition) is 5. The second-order valence-corrected chi connectivity index (χ2v) is 14.6. The van der Waals surface area contributed by atoms with Gasteiger partial charge in [-0.1, -0.05) is 20.4 Å². The number of hydrogen-bond donors (Lipinski definition) is 1. The summed E-state index contributed by atoms with van der Waals surface area (Å²) in [6.07, 6.45) is 12.5. The molecule has 0 bridgehead atoms. The zero-order chi connectivity index (χ0) is 26.7. The Labute approximate surface area is 230 Å². The average Bonchev–Trinajstić information content (AvgIpc) is 3.52. The third kappa shape index (κ3) is 4.06. The van der Waals surface area contributed by atoms with E-state index in [9.17, 15) is 9.90 Å². The van der Waals surface area contributed by atoms with Gasteiger partial charge in [0.2, 0.25) is 0 Å². The molecule has 2 heterocycles. The lowest BCUT2D eigenvalue weighted by atomic mass is 9.44. The zero-order valence-corrected chi connectivity index (χ0v) is 24.3. The summed E-state index contributed by atoms with van der Waals surface area (Å²) in [7, 11) is 1.61. The van der Waals surface area contributed by atoms with Gasteiger partial charge in [0.25, 0.3) is 0 Å². The Hall–Kier alpha value is -0.950. The molecule has 0 amide bonds. The summed E-state index contributed by atoms with van der Waals surface area (Å²) in [6.45, 7) is 16.0. The maximum absolute atomic E-state index is 13.6. The minimum Gasteiger partial charge on any atom is -0.469 e. The fourth-order valence-corrected chi connectivity index (χ4v) is 11.5. The van der Waals surface area contributed by atoms with Crippen LogP contribution in [0.4, 0.5) is 0 Å². The molecule has 4 aliphatic carbocycles. The molecule has 6 heteroatoms. The van der Waals surface area contributed by atoms with Gasteiger partial charge in [0.15, 0.2) is 0 Å². The maximum atomic E-state index is 13.6. The van der Waals surface area contributed by atoms with Gasteiger partial charge >= 0.3 is 5.97 Å². The maximum Gasteiger partial charge on any atom is 0.315 e. The molecule has 0 spiro atoms. The Morgan fingerprint density at radius 3 is 2.53 bits per heavy atom. The van der Waals surface area contributed by atoms with E-state index in [4.69, 9.17) is 9.47 Å². The van der Waals surface area contributed by atoms with E-state index in [0.29, 0.717) is 29.7 Å². The highest BCUT2D eigenvalue weighted by molar-refractivity contribution is 5.74. The van der Waals surface area contributed by atoms with Crippen LogP contribution in [0.1, 0.15) is 71.6 Å². The van der Waals surface area contributed by atoms with Crippen LogP contribution < -0.4 is 0 Å². The van der Waals surface area contributed by atoms with Crippen molar-refractivity contribution in [3.05, 3.63) is 12.7 Å². The standard InChI is InChI=1S/C32H53N2O4/c1-5-14-34(15-6-7-16-34)27-20-25-23-9-8-22-19-28(35)26(33-12-17-38-18-13-33)21-32(22,3)24(23)10-11-31(25,2)29(27)30(36)37-4/h5,22-29,35H,1,6-21H2,2-4H3/q+1/t22-,23-,24-,25-,26+,27+,28-,29-,31+,32+/m1/s1. The van der Waals surface area contributed by atoms with Gasteiger partial charge in [-0.25, -0.2) is 0 Å². The molecule has 6 nitrogen and oxygen atoms in total. The number of methoxy groups -OCH3 is 1. The number of quaternary nitrogens is 1. The number of carbonyl (C=O) groups is 1. The van der Waals surface area contributed by atoms with Crippen LogP contribution in [-0.2, 0) is 14.3 Å². The van der Waals surface area contributed by atoms with Crippen molar-refractivity contribution in [2.45, 2.75) is 89.8 Å². The Morgan fingerprint density at radius 2 is 1.84 bits per heavy atom. The van der Waals surface area contributed by atoms with E-state index in [1.54, 1.807) is 7.11 Å². The molecule has 0 aromatic carbocycles. The summed E-state index contributed by atoms with van der Waals surface area (Å²) in [5, 5.41) is 11.3. The van der Waals surface area contributed by atoms with Crippen LogP contribution in [-0.4, -0.2) is 91.7 Å². The number of aliphatic hydroxyl groups is 1. The van der Waals surface area contributed by atoms with E-state index >= 15 is 0 Å². The number of nitrogens with zero attached hydrogens (tertiary/aromatic N) is 2. The molecule has 0 unspecified atom stereocenters. The van der Waals surface area contributed by atoms with Gasteiger partial charge in [0, 0.05) is 38.4 Å². The molecule has 1 N–H and O–H groups in total. The molecule has 0 aromatic heterocycles. The number of morpholine rings is 1. The van der Waals surface area contributed by atoms with E-state index in [0.717, 1.165) is 56.6 Å². The number of ether oxygens (including phenoxy) is 2. The third-order valence-electron chi connectivity index (χ3n) is 13.3. The van der Waals surface area contributed by atoms with Gasteiger partial charge < -0.3 is 19.1 Å². The minimum absolute atomic E-state index is 0.00342. The predicted molar refractivity (Wildman–Crippen MR) is 148 cm³/mol. The van der Waals surface area contributed by atoms with E-state index in [2.05, 4.69) is 31.4 Å². The normalized spacial score (nSPS) is 48.5. The van der Waals surface area contributed by atoms with Crippen molar-refractivity contribution in [2.24, 2.45) is 40.4 Å². The number of esters is 1. The molecule has 2 saturated heterocycles. The topological polar surface area (TPSA) is 59.0 Å². The first-order valence-corrected chi connectivity index (χ1v) is 15.8. The number of aliphatic hydroxyl groups excluding tert-OH is 1. The lowest BCUT2D eigenvalue weighted by molar-refractivity contribution is -0.937. The molecular weight excluding hydrogens is 476 g/mol. The molecule has 4 saturated carbocycles. The van der Waals surface area contributed by atoms with Crippen molar-refractivity contribution in [3.63, 3.8) is 0 Å². The van der Waals surface area contributed by atoms with Crippen molar-refractivity contribution in [2.75, 3.05) is 53.0 Å². The van der Waals surface area contributed by atoms with Gasteiger partial charge in [-0.05, 0) is 79.1 Å². The van der Waals surface area contributed by atoms with Crippen molar-refractivity contribution in [1.29, 1.82) is 0 Å². The lowest BCUT2D eigenvalue weighted by Crippen LogP contribution is -2.61. The summed E-state index contributed by atoms with van der Waals surface area (Å²) < 4.78 is 12.3. The third-order valence-corrected chi connectivity index (χ3v) is 13.3. The molecule has 6 fully saturated rings. The van der Waals surface area contributed by atoms with Gasteiger partial charge in [0.1, 0.15) is 12.0 Å². The van der Waals surface area contributed by atoms with E-state index < -0.39 is 0 Å². The molecule has 0 radical (unpaired) electrons. The summed E-state index contributed by atoms with van der Waals surface area (Å²) in [6, 6.07) is 0.619. The highest BCUT2D eigenvalue weighted by Crippen LogP contribution is 2.68. The molecular formula is C32H53N2O4+. The largest absolute Gasteiger partial charge is 0.469 e. The van der Waals surface area contributed by atoms with Crippen LogP contribution in [0.15, 0.2) is 12.7 Å². The highest BCUT2D eigenvalue weighted by Gasteiger charge is 2.68. The number of rotatable bonds is 5. The summed E-state index contributed by atoms with van der Waals surface area (Å²) >= 11 is 0. The SMILES string of the molecule is C=CC[N+]1([C@H]2C[C@@H]3[C@@H]4CC[C@@H]5C[C@@H](O)[C@@H](N6CCOCC6)C[C@]5(C)[C@@H]4CC[C@]3(C)[C@H]2C(=O)OC)CCCC1. The van der Waals surface area contributed by atoms with Crippen LogP contribution >= 0.6 is 0 Å². The molecule has 0 aromatic rings. The van der Waals surface area contributed by atoms with Crippen molar-refractivity contribution < 1.29 is 23.9 Å². The molecule has 6 rings (SSSR count). The van der Waals surface area contributed by atoms with Gasteiger partial charge in [-0.3, -0.25) is 9.69 Å². The van der Waals surface area contributed by atoms with Crippen molar-refractivity contribution in [3.8, 4) is 0 Å². The summed E-state index contributed by atoms with van der Waals surface area (Å²) in [4.78, 5) is 16.1. The fourth-order valence-electron chi connectivity index (χ4n) is 11.5. The second-order valence-electron chi connectivity index (χ2n) is 14.6. The fraction of sp³-hybridized carbons (Fsp3) is 0.906. The van der Waals surface area contributed by atoms with Gasteiger partial charge in [-0.2, -0.15) is 0 Å². The van der Waals surface area contributed by atoms with Crippen LogP contribution in [0.2, 0.25) is 0 Å². The molecule has 38 heavy (non-hydrogen) atoms. The van der Waals surface area contributed by atoms with Gasteiger partial charge in [0.05, 0.1) is 46.1 Å². The quantitative estimate of drug-likeness (QED) is 0.328. The highest BCUT2D eigenvalue weighted by atomic mass is 16.5. The Morgan fingerprint density at radius 1 is 1.11 bits per heavy atom. The van der Waals surface area contributed by atoms with Gasteiger partial charge in [-0.15, -0.1) is 0 Å². The Bertz CT molecular complexity index is 898. The smallest absolute Gasteiger partial charge is 0.315 e. The Balaban J connectivity index is 1.31. The number of fused-ring (bicyclic) bond motifs is 5. The van der Waals surface area contributed by atoms with Crippen molar-refractivity contribution >= 4 is 5.97 Å². The second kappa shape index (κ2) is 10.2. The zero-order valence-electron chi connectivity index (χ0n) is 24.3. The lowest BCUT2D eigenvalue weighted by Gasteiger charge is -2.62. The van der Waals surface area contributed by atoms with E-state index in [1.165, 1.54) is 51.6 Å². The van der Waals surface area contributed by atoms with E-state index in [1.807, 2.05) is 0 Å². The summed E-state index contributed by atoms with van der Waals surface area (Å²) in [5.41, 5.74) is 0.293. The first-order chi connectivity index (χ1) is 18.3. The number of likely N-dealkylation sites (tertiary alicyclic amines) is 1. The van der Waals surface area contributed by atoms with Crippen LogP contribution in [0.5, 0.6) is 0 Å². The summed E-state index contributed by atoms with van der Waals surface area (Å²) in [5.74, 6) is 2.61. The van der Waals surface area contributed by atoms with E-state index in [-0.39, 0.29) is 34.9 Å². The first kappa shape index (κ1) is 27.2. The molecule has 2 aliphatic heterocycles. The predicted octanol–water partition coefficient (Wildman–Crippen LogP) is 4.27. The van der Waals surface area contributed by atoms with Crippen LogP contribution in [0, 0.1) is 40.4 Å². The minimum atomic E-state index is -0.213. The number of carbonyl (C=O) groups excluding carboxylic acids is 1. The molecule has 6 aliphatic rings. The molecule has 10 atom stereocenters. The van der Waals surface area contributed by atoms with Crippen LogP contribution in [0.25, 0.3) is 0 Å². The molecule has 214 valence electrons. The monoisotopic (exact) mass is 529 g/mol. The average molecular weight is 530 g/mol. The Kier molecular flexibility index (Phi) is 7.27.